The predicted octanol–water partition coefficient (Wildman–Crippen LogP) is 4.38. The molecule has 28 heavy (non-hydrogen) atoms. The van der Waals surface area contributed by atoms with E-state index >= 15 is 0 Å². The molecule has 0 aliphatic heterocycles. The predicted molar refractivity (Wildman–Crippen MR) is 121 cm³/mol. The second kappa shape index (κ2) is 14.0. The highest BCUT2D eigenvalue weighted by atomic mass is 35.5. The molecule has 0 aliphatic carbocycles. The Morgan fingerprint density at radius 1 is 0.643 bits per heavy atom. The third-order valence-corrected chi connectivity index (χ3v) is 5.98. The van der Waals surface area contributed by atoms with Gasteiger partial charge in [-0.2, -0.15) is 0 Å². The van der Waals surface area contributed by atoms with Gasteiger partial charge in [0.05, 0.1) is 27.2 Å². The van der Waals surface area contributed by atoms with Crippen molar-refractivity contribution in [1.29, 1.82) is 0 Å². The first-order valence-electron chi connectivity index (χ1n) is 11.4. The van der Waals surface area contributed by atoms with Gasteiger partial charge in [0.2, 0.25) is 0 Å². The summed E-state index contributed by atoms with van der Waals surface area (Å²) in [5.41, 5.74) is 1.50. The van der Waals surface area contributed by atoms with E-state index in [1.54, 1.807) is 0 Å². The van der Waals surface area contributed by atoms with Crippen molar-refractivity contribution in [1.82, 2.24) is 0 Å². The standard InChI is InChI=1S/C26H42N.ClH/c1-4-5-6-7-8-9-10-11-12-15-22-27(2,3)23-21-25-19-16-18-24-17-13-14-20-26(24)25;/h13-14,16-20H,4-12,15,21-23H2,1-3H3;1H/q+1;/p-1. The van der Waals surface area contributed by atoms with Crippen molar-refractivity contribution in [2.75, 3.05) is 27.2 Å². The number of fused-ring (bicyclic) bond motifs is 1. The molecular weight excluding hydrogens is 362 g/mol. The minimum Gasteiger partial charge on any atom is -1.00 e. The maximum Gasteiger partial charge on any atom is 0.0823 e. The number of quaternary nitrogens is 1. The van der Waals surface area contributed by atoms with E-state index < -0.39 is 0 Å². The smallest absolute Gasteiger partial charge is 0.0823 e. The lowest BCUT2D eigenvalue weighted by atomic mass is 10.0. The minimum atomic E-state index is 0. The molecule has 0 amide bonds. The molecule has 0 N–H and O–H groups in total. The number of likely N-dealkylation sites (N-methyl/N-ethyl adjacent to an activating group) is 1. The number of halogens is 1. The summed E-state index contributed by atoms with van der Waals surface area (Å²) >= 11 is 0. The normalized spacial score (nSPS) is 11.5. The molecule has 0 fully saturated rings. The second-order valence-electron chi connectivity index (χ2n) is 8.95. The fourth-order valence-electron chi connectivity index (χ4n) is 4.07. The van der Waals surface area contributed by atoms with Crippen molar-refractivity contribution in [2.24, 2.45) is 0 Å². The maximum atomic E-state index is 2.40. The Balaban J connectivity index is 0.00000392. The topological polar surface area (TPSA) is 0 Å². The Hall–Kier alpha value is -1.05. The summed E-state index contributed by atoms with van der Waals surface area (Å²) in [5.74, 6) is 0. The molecule has 2 heteroatoms. The van der Waals surface area contributed by atoms with Gasteiger partial charge in [-0.15, -0.1) is 0 Å². The van der Waals surface area contributed by atoms with Crippen LogP contribution in [-0.2, 0) is 6.42 Å². The molecule has 0 radical (unpaired) electrons. The molecule has 2 rings (SSSR count). The molecule has 0 saturated carbocycles. The molecule has 1 nitrogen and oxygen atoms in total. The lowest BCUT2D eigenvalue weighted by Crippen LogP contribution is -3.00. The average molecular weight is 404 g/mol. The molecule has 0 atom stereocenters. The molecule has 0 heterocycles. The summed E-state index contributed by atoms with van der Waals surface area (Å²) in [6.45, 7) is 4.83. The highest BCUT2D eigenvalue weighted by molar-refractivity contribution is 5.85. The first kappa shape index (κ1) is 25.0. The summed E-state index contributed by atoms with van der Waals surface area (Å²) < 4.78 is 1.14. The van der Waals surface area contributed by atoms with E-state index in [2.05, 4.69) is 63.5 Å². The minimum absolute atomic E-state index is 0. The number of benzene rings is 2. The maximum absolute atomic E-state index is 2.40. The van der Waals surface area contributed by atoms with Gasteiger partial charge in [0.25, 0.3) is 0 Å². The summed E-state index contributed by atoms with van der Waals surface area (Å²) in [7, 11) is 4.80. The van der Waals surface area contributed by atoms with Crippen LogP contribution in [0.25, 0.3) is 10.8 Å². The van der Waals surface area contributed by atoms with Crippen molar-refractivity contribution < 1.29 is 16.9 Å². The third-order valence-electron chi connectivity index (χ3n) is 5.98. The van der Waals surface area contributed by atoms with E-state index in [4.69, 9.17) is 0 Å². The third kappa shape index (κ3) is 9.43. The van der Waals surface area contributed by atoms with E-state index in [9.17, 15) is 0 Å². The number of rotatable bonds is 14. The number of unbranched alkanes of at least 4 members (excludes halogenated alkanes) is 9. The van der Waals surface area contributed by atoms with Gasteiger partial charge in [-0.1, -0.05) is 101 Å². The Morgan fingerprint density at radius 3 is 1.89 bits per heavy atom. The Kier molecular flexibility index (Phi) is 12.5. The Bertz CT molecular complexity index is 644. The molecule has 2 aromatic carbocycles. The molecular formula is C26H42ClN. The van der Waals surface area contributed by atoms with Crippen LogP contribution in [0.3, 0.4) is 0 Å². The zero-order chi connectivity index (χ0) is 19.4. The van der Waals surface area contributed by atoms with E-state index in [0.717, 1.165) is 4.48 Å². The van der Waals surface area contributed by atoms with Crippen LogP contribution in [0.15, 0.2) is 42.5 Å². The largest absolute Gasteiger partial charge is 1.00 e. The number of hydrogen-bond acceptors (Lipinski definition) is 0. The van der Waals surface area contributed by atoms with Crippen LogP contribution in [0, 0.1) is 0 Å². The van der Waals surface area contributed by atoms with E-state index in [0.29, 0.717) is 0 Å². The molecule has 0 saturated heterocycles. The quantitative estimate of drug-likeness (QED) is 0.324. The SMILES string of the molecule is CCCCCCCCCCCC[N+](C)(C)CCc1cccc2ccccc12.[Cl-]. The van der Waals surface area contributed by atoms with Crippen LogP contribution in [0.4, 0.5) is 0 Å². The highest BCUT2D eigenvalue weighted by Crippen LogP contribution is 2.20. The van der Waals surface area contributed by atoms with Crippen molar-refractivity contribution in [3.8, 4) is 0 Å². The summed E-state index contributed by atoms with van der Waals surface area (Å²) in [4.78, 5) is 0. The van der Waals surface area contributed by atoms with Crippen molar-refractivity contribution in [3.63, 3.8) is 0 Å². The number of hydrogen-bond donors (Lipinski definition) is 0. The molecule has 0 unspecified atom stereocenters. The monoisotopic (exact) mass is 403 g/mol. The Labute approximate surface area is 180 Å². The van der Waals surface area contributed by atoms with Gasteiger partial charge >= 0.3 is 0 Å². The molecule has 0 aliphatic rings. The van der Waals surface area contributed by atoms with Crippen molar-refractivity contribution in [2.45, 2.75) is 77.6 Å². The lowest BCUT2D eigenvalue weighted by molar-refractivity contribution is -0.890. The van der Waals surface area contributed by atoms with Crippen LogP contribution in [0.5, 0.6) is 0 Å². The van der Waals surface area contributed by atoms with E-state index in [-0.39, 0.29) is 12.4 Å². The summed E-state index contributed by atoms with van der Waals surface area (Å²) in [6, 6.07) is 15.5. The van der Waals surface area contributed by atoms with E-state index in [1.807, 2.05) is 0 Å². The van der Waals surface area contributed by atoms with Gasteiger partial charge in [0.15, 0.2) is 0 Å². The summed E-state index contributed by atoms with van der Waals surface area (Å²) in [5, 5.41) is 2.80. The fourth-order valence-corrected chi connectivity index (χ4v) is 4.07. The zero-order valence-electron chi connectivity index (χ0n) is 18.6. The summed E-state index contributed by atoms with van der Waals surface area (Å²) in [6.07, 6.45) is 15.4. The van der Waals surface area contributed by atoms with Crippen LogP contribution < -0.4 is 12.4 Å². The first-order valence-corrected chi connectivity index (χ1v) is 11.4. The van der Waals surface area contributed by atoms with Gasteiger partial charge < -0.3 is 16.9 Å². The van der Waals surface area contributed by atoms with Crippen LogP contribution in [0.2, 0.25) is 0 Å². The average Bonchev–Trinajstić information content (AvgIpc) is 2.68. The fraction of sp³-hybridized carbons (Fsp3) is 0.615. The van der Waals surface area contributed by atoms with Crippen LogP contribution in [0.1, 0.15) is 76.7 Å². The van der Waals surface area contributed by atoms with Gasteiger partial charge in [-0.25, -0.2) is 0 Å². The zero-order valence-corrected chi connectivity index (χ0v) is 19.3. The van der Waals surface area contributed by atoms with Gasteiger partial charge in [0, 0.05) is 6.42 Å². The molecule has 0 aromatic heterocycles. The molecule has 0 bridgehead atoms. The van der Waals surface area contributed by atoms with Crippen LogP contribution >= 0.6 is 0 Å². The highest BCUT2D eigenvalue weighted by Gasteiger charge is 2.15. The van der Waals surface area contributed by atoms with Crippen molar-refractivity contribution >= 4 is 10.8 Å². The number of nitrogens with zero attached hydrogens (tertiary/aromatic N) is 1. The van der Waals surface area contributed by atoms with Crippen molar-refractivity contribution in [3.05, 3.63) is 48.0 Å². The molecule has 158 valence electrons. The Morgan fingerprint density at radius 2 is 1.21 bits per heavy atom. The molecule has 0 spiro atoms. The van der Waals surface area contributed by atoms with Gasteiger partial charge in [-0.3, -0.25) is 0 Å². The molecule has 2 aromatic rings. The van der Waals surface area contributed by atoms with Crippen LogP contribution in [-0.4, -0.2) is 31.7 Å². The van der Waals surface area contributed by atoms with Gasteiger partial charge in [0.1, 0.15) is 0 Å². The first-order chi connectivity index (χ1) is 13.1. The second-order valence-corrected chi connectivity index (χ2v) is 8.95. The lowest BCUT2D eigenvalue weighted by Gasteiger charge is -2.30. The van der Waals surface area contributed by atoms with Gasteiger partial charge in [-0.05, 0) is 29.2 Å². The van der Waals surface area contributed by atoms with E-state index in [1.165, 1.54) is 100 Å².